The molecule has 0 atom stereocenters. The zero-order chi connectivity index (χ0) is 16.4. The number of anilines is 1. The van der Waals surface area contributed by atoms with Crippen LogP contribution in [0.15, 0.2) is 48.5 Å². The van der Waals surface area contributed by atoms with Crippen LogP contribution in [0, 0.1) is 0 Å². The van der Waals surface area contributed by atoms with E-state index in [-0.39, 0.29) is 12.1 Å². The number of amides is 1. The summed E-state index contributed by atoms with van der Waals surface area (Å²) in [5, 5.41) is 3.10. The largest absolute Gasteiger partial charge is 0.416 e. The molecule has 0 unspecified atom stereocenters. The molecule has 7 heteroatoms. The summed E-state index contributed by atoms with van der Waals surface area (Å²) in [7, 11) is 0. The van der Waals surface area contributed by atoms with Crippen molar-refractivity contribution in [2.45, 2.75) is 12.6 Å². The lowest BCUT2D eigenvalue weighted by Gasteiger charge is -2.09. The summed E-state index contributed by atoms with van der Waals surface area (Å²) in [5.74, 6) is -0.400. The van der Waals surface area contributed by atoms with Crippen molar-refractivity contribution in [3.8, 4) is 0 Å². The molecule has 0 spiro atoms. The number of fused-ring (bicyclic) bond motifs is 1. The molecule has 23 heavy (non-hydrogen) atoms. The van der Waals surface area contributed by atoms with Gasteiger partial charge in [-0.3, -0.25) is 4.79 Å². The molecule has 1 heterocycles. The van der Waals surface area contributed by atoms with E-state index in [1.807, 2.05) is 24.3 Å². The second-order valence-corrected chi connectivity index (χ2v) is 5.99. The normalized spacial score (nSPS) is 11.6. The van der Waals surface area contributed by atoms with Gasteiger partial charge in [-0.15, -0.1) is 11.3 Å². The Morgan fingerprint density at radius 1 is 1.13 bits per heavy atom. The number of carbonyl (C=O) groups excluding carboxylic acids is 1. The molecular formula is C16H11F3N2OS. The molecule has 3 rings (SSSR count). The number of hydrogen-bond acceptors (Lipinski definition) is 3. The number of para-hydroxylation sites is 1. The monoisotopic (exact) mass is 336 g/mol. The van der Waals surface area contributed by atoms with Crippen molar-refractivity contribution in [3.63, 3.8) is 0 Å². The minimum absolute atomic E-state index is 0.0234. The predicted octanol–water partition coefficient (Wildman–Crippen LogP) is 4.50. The Balaban J connectivity index is 1.72. The molecule has 0 bridgehead atoms. The molecule has 3 nitrogen and oxygen atoms in total. The Morgan fingerprint density at radius 2 is 1.91 bits per heavy atom. The van der Waals surface area contributed by atoms with Gasteiger partial charge in [-0.2, -0.15) is 13.2 Å². The van der Waals surface area contributed by atoms with E-state index in [2.05, 4.69) is 10.3 Å². The van der Waals surface area contributed by atoms with E-state index < -0.39 is 17.6 Å². The summed E-state index contributed by atoms with van der Waals surface area (Å²) in [6, 6.07) is 12.0. The summed E-state index contributed by atoms with van der Waals surface area (Å²) in [6.45, 7) is 0. The van der Waals surface area contributed by atoms with Gasteiger partial charge < -0.3 is 5.32 Å². The number of aromatic nitrogens is 1. The zero-order valence-electron chi connectivity index (χ0n) is 11.7. The number of nitrogens with one attached hydrogen (secondary N) is 1. The third-order valence-corrected chi connectivity index (χ3v) is 4.16. The summed E-state index contributed by atoms with van der Waals surface area (Å²) in [4.78, 5) is 16.3. The van der Waals surface area contributed by atoms with Gasteiger partial charge in [0, 0.05) is 5.69 Å². The number of alkyl halides is 3. The van der Waals surface area contributed by atoms with Gasteiger partial charge in [0.05, 0.1) is 22.2 Å². The smallest absolute Gasteiger partial charge is 0.326 e. The molecule has 0 fully saturated rings. The summed E-state index contributed by atoms with van der Waals surface area (Å²) in [6.07, 6.45) is -4.41. The molecule has 118 valence electrons. The van der Waals surface area contributed by atoms with Crippen molar-refractivity contribution in [1.82, 2.24) is 4.98 Å². The average Bonchev–Trinajstić information content (AvgIpc) is 2.88. The van der Waals surface area contributed by atoms with E-state index in [1.54, 1.807) is 0 Å². The van der Waals surface area contributed by atoms with Crippen LogP contribution in [0.2, 0.25) is 0 Å². The molecule has 1 aromatic heterocycles. The van der Waals surface area contributed by atoms with Crippen LogP contribution in [0.1, 0.15) is 10.6 Å². The lowest BCUT2D eigenvalue weighted by atomic mass is 10.2. The first-order chi connectivity index (χ1) is 10.9. The Hall–Kier alpha value is -2.41. The van der Waals surface area contributed by atoms with E-state index in [0.717, 1.165) is 22.3 Å². The van der Waals surface area contributed by atoms with Crippen LogP contribution in [0.5, 0.6) is 0 Å². The van der Waals surface area contributed by atoms with Crippen molar-refractivity contribution < 1.29 is 18.0 Å². The summed E-state index contributed by atoms with van der Waals surface area (Å²) < 4.78 is 38.9. The highest BCUT2D eigenvalue weighted by atomic mass is 32.1. The maximum absolute atomic E-state index is 12.6. The first kappa shape index (κ1) is 15.5. The minimum Gasteiger partial charge on any atom is -0.326 e. The molecule has 1 amide bonds. The third kappa shape index (κ3) is 3.68. The van der Waals surface area contributed by atoms with Gasteiger partial charge in [-0.05, 0) is 30.3 Å². The Bertz CT molecular complexity index is 825. The SMILES string of the molecule is O=C(Cc1nc2ccccc2s1)Nc1cccc(C(F)(F)F)c1. The number of benzene rings is 2. The standard InChI is InChI=1S/C16H11F3N2OS/c17-16(18,19)10-4-3-5-11(8-10)20-14(22)9-15-21-12-6-1-2-7-13(12)23-15/h1-8H,9H2,(H,20,22). The fraction of sp³-hybridized carbons (Fsp3) is 0.125. The number of halogens is 3. The number of thiazole rings is 1. The molecule has 0 aliphatic rings. The topological polar surface area (TPSA) is 42.0 Å². The van der Waals surface area contributed by atoms with E-state index in [4.69, 9.17) is 0 Å². The van der Waals surface area contributed by atoms with Crippen LogP contribution in [-0.4, -0.2) is 10.9 Å². The van der Waals surface area contributed by atoms with Crippen molar-refractivity contribution in [1.29, 1.82) is 0 Å². The van der Waals surface area contributed by atoms with Gasteiger partial charge in [0.15, 0.2) is 0 Å². The van der Waals surface area contributed by atoms with Gasteiger partial charge in [-0.25, -0.2) is 4.98 Å². The highest BCUT2D eigenvalue weighted by Gasteiger charge is 2.30. The fourth-order valence-electron chi connectivity index (χ4n) is 2.11. The highest BCUT2D eigenvalue weighted by molar-refractivity contribution is 7.18. The van der Waals surface area contributed by atoms with E-state index in [1.165, 1.54) is 23.5 Å². The molecule has 0 aliphatic carbocycles. The second kappa shape index (κ2) is 6.00. The number of rotatable bonds is 3. The molecular weight excluding hydrogens is 325 g/mol. The molecule has 0 saturated carbocycles. The first-order valence-corrected chi connectivity index (χ1v) is 7.55. The van der Waals surface area contributed by atoms with Crippen molar-refractivity contribution >= 4 is 33.1 Å². The fourth-order valence-corrected chi connectivity index (χ4v) is 3.08. The summed E-state index contributed by atoms with van der Waals surface area (Å²) >= 11 is 1.39. The van der Waals surface area contributed by atoms with Crippen LogP contribution in [0.25, 0.3) is 10.2 Å². The molecule has 3 aromatic rings. The maximum atomic E-state index is 12.6. The van der Waals surface area contributed by atoms with Gasteiger partial charge in [0.1, 0.15) is 5.01 Å². The number of nitrogens with zero attached hydrogens (tertiary/aromatic N) is 1. The van der Waals surface area contributed by atoms with Crippen molar-refractivity contribution in [2.75, 3.05) is 5.32 Å². The van der Waals surface area contributed by atoms with Gasteiger partial charge in [0.25, 0.3) is 0 Å². The molecule has 0 radical (unpaired) electrons. The number of carbonyl (C=O) groups is 1. The first-order valence-electron chi connectivity index (χ1n) is 6.73. The minimum atomic E-state index is -4.44. The van der Waals surface area contributed by atoms with Crippen LogP contribution < -0.4 is 5.32 Å². The lowest BCUT2D eigenvalue weighted by Crippen LogP contribution is -2.15. The van der Waals surface area contributed by atoms with E-state index in [9.17, 15) is 18.0 Å². The average molecular weight is 336 g/mol. The summed E-state index contributed by atoms with van der Waals surface area (Å²) in [5.41, 5.74) is 0.126. The molecule has 0 aliphatic heterocycles. The Labute approximate surface area is 133 Å². The van der Waals surface area contributed by atoms with Crippen molar-refractivity contribution in [3.05, 3.63) is 59.1 Å². The van der Waals surface area contributed by atoms with E-state index >= 15 is 0 Å². The van der Waals surface area contributed by atoms with Crippen LogP contribution in [0.3, 0.4) is 0 Å². The second-order valence-electron chi connectivity index (χ2n) is 4.88. The van der Waals surface area contributed by atoms with Crippen molar-refractivity contribution in [2.24, 2.45) is 0 Å². The Kier molecular flexibility index (Phi) is 4.04. The van der Waals surface area contributed by atoms with E-state index in [0.29, 0.717) is 5.01 Å². The van der Waals surface area contributed by atoms with Crippen LogP contribution >= 0.6 is 11.3 Å². The highest BCUT2D eigenvalue weighted by Crippen LogP contribution is 2.30. The van der Waals surface area contributed by atoms with Crippen LogP contribution in [-0.2, 0) is 17.4 Å². The van der Waals surface area contributed by atoms with Gasteiger partial charge >= 0.3 is 6.18 Å². The Morgan fingerprint density at radius 3 is 2.65 bits per heavy atom. The quantitative estimate of drug-likeness (QED) is 0.765. The predicted molar refractivity (Wildman–Crippen MR) is 83.4 cm³/mol. The number of hydrogen-bond donors (Lipinski definition) is 1. The van der Waals surface area contributed by atoms with Gasteiger partial charge in [0.2, 0.25) is 5.91 Å². The van der Waals surface area contributed by atoms with Gasteiger partial charge in [-0.1, -0.05) is 18.2 Å². The third-order valence-electron chi connectivity index (χ3n) is 3.12. The maximum Gasteiger partial charge on any atom is 0.416 e. The lowest BCUT2D eigenvalue weighted by molar-refractivity contribution is -0.137. The molecule has 1 N–H and O–H groups in total. The molecule has 2 aromatic carbocycles. The zero-order valence-corrected chi connectivity index (χ0v) is 12.5. The van der Waals surface area contributed by atoms with Crippen LogP contribution in [0.4, 0.5) is 18.9 Å². The molecule has 0 saturated heterocycles.